The van der Waals surface area contributed by atoms with Gasteiger partial charge in [-0.05, 0) is 51.8 Å². The molecule has 0 atom stereocenters. The molecule has 0 bridgehead atoms. The number of hydrogen-bond acceptors (Lipinski definition) is 7. The Bertz CT molecular complexity index is 1070. The van der Waals surface area contributed by atoms with Crippen molar-refractivity contribution < 1.29 is 19.1 Å². The van der Waals surface area contributed by atoms with E-state index in [1.54, 1.807) is 11.5 Å². The van der Waals surface area contributed by atoms with Gasteiger partial charge in [0.15, 0.2) is 0 Å². The van der Waals surface area contributed by atoms with E-state index in [2.05, 4.69) is 9.97 Å². The van der Waals surface area contributed by atoms with Crippen molar-refractivity contribution in [3.63, 3.8) is 0 Å². The Morgan fingerprint density at radius 1 is 1.17 bits per heavy atom. The molecule has 0 saturated heterocycles. The van der Waals surface area contributed by atoms with E-state index >= 15 is 0 Å². The Labute approximate surface area is 169 Å². The zero-order valence-electron chi connectivity index (χ0n) is 17.2. The highest BCUT2D eigenvalue weighted by Gasteiger charge is 2.21. The number of aromatic nitrogens is 3. The number of carbonyl (C=O) groups is 2. The molecule has 29 heavy (non-hydrogen) atoms. The van der Waals surface area contributed by atoms with Crippen LogP contribution in [0.4, 0.5) is 5.82 Å². The summed E-state index contributed by atoms with van der Waals surface area (Å²) in [6.45, 7) is 7.64. The summed E-state index contributed by atoms with van der Waals surface area (Å²) in [7, 11) is 0. The third-order valence-electron chi connectivity index (χ3n) is 4.36. The van der Waals surface area contributed by atoms with Crippen molar-refractivity contribution in [2.75, 3.05) is 12.3 Å². The highest BCUT2D eigenvalue weighted by Crippen LogP contribution is 2.32. The number of aryl methyl sites for hydroxylation is 1. The van der Waals surface area contributed by atoms with Gasteiger partial charge in [-0.25, -0.2) is 9.97 Å². The standard InChI is InChI=1S/C21H26N4O4/c1-5-28-16(26)9-7-13-6-8-15-14(10-13)18-19(22)23-12-24-20(18)25(15)11-17(27)29-21(2,3)4/h6,8,10,12H,5,7,9,11H2,1-4H3,(H2,22,23,24). The topological polar surface area (TPSA) is 109 Å². The number of ether oxygens (including phenoxy) is 2. The molecular weight excluding hydrogens is 372 g/mol. The number of benzene rings is 1. The third-order valence-corrected chi connectivity index (χ3v) is 4.36. The molecule has 0 unspecified atom stereocenters. The maximum absolute atomic E-state index is 12.4. The summed E-state index contributed by atoms with van der Waals surface area (Å²) in [6.07, 6.45) is 2.22. The Morgan fingerprint density at radius 3 is 2.62 bits per heavy atom. The van der Waals surface area contributed by atoms with Crippen molar-refractivity contribution in [1.82, 2.24) is 14.5 Å². The van der Waals surface area contributed by atoms with E-state index in [0.29, 0.717) is 36.3 Å². The van der Waals surface area contributed by atoms with Crippen LogP contribution in [0, 0.1) is 0 Å². The Hall–Kier alpha value is -3.16. The SMILES string of the molecule is CCOC(=O)CCc1ccc2c(c1)c1c(N)ncnc1n2CC(=O)OC(C)(C)C. The Kier molecular flexibility index (Phi) is 5.72. The third kappa shape index (κ3) is 4.64. The van der Waals surface area contributed by atoms with Crippen LogP contribution in [0.2, 0.25) is 0 Å². The lowest BCUT2D eigenvalue weighted by Crippen LogP contribution is -2.26. The second-order valence-corrected chi connectivity index (χ2v) is 7.79. The predicted octanol–water partition coefficient (Wildman–Crippen LogP) is 3.00. The van der Waals surface area contributed by atoms with Gasteiger partial charge in [0.25, 0.3) is 0 Å². The van der Waals surface area contributed by atoms with Crippen molar-refractivity contribution in [2.45, 2.75) is 52.7 Å². The fraction of sp³-hybridized carbons (Fsp3) is 0.429. The fourth-order valence-corrected chi connectivity index (χ4v) is 3.28. The van der Waals surface area contributed by atoms with Gasteiger partial charge in [-0.2, -0.15) is 0 Å². The number of rotatable bonds is 6. The highest BCUT2D eigenvalue weighted by atomic mass is 16.6. The lowest BCUT2D eigenvalue weighted by atomic mass is 10.1. The van der Waals surface area contributed by atoms with Gasteiger partial charge in [-0.15, -0.1) is 0 Å². The minimum Gasteiger partial charge on any atom is -0.466 e. The van der Waals surface area contributed by atoms with Gasteiger partial charge in [0.2, 0.25) is 0 Å². The minimum atomic E-state index is -0.579. The number of fused-ring (bicyclic) bond motifs is 3. The van der Waals surface area contributed by atoms with E-state index in [1.807, 2.05) is 39.0 Å². The lowest BCUT2D eigenvalue weighted by molar-refractivity contribution is -0.155. The predicted molar refractivity (Wildman–Crippen MR) is 110 cm³/mol. The average molecular weight is 398 g/mol. The van der Waals surface area contributed by atoms with E-state index in [4.69, 9.17) is 15.2 Å². The molecule has 8 nitrogen and oxygen atoms in total. The molecule has 2 N–H and O–H groups in total. The van der Waals surface area contributed by atoms with Gasteiger partial charge in [-0.3, -0.25) is 9.59 Å². The zero-order valence-corrected chi connectivity index (χ0v) is 17.2. The quantitative estimate of drug-likeness (QED) is 0.636. The summed E-state index contributed by atoms with van der Waals surface area (Å²) in [5, 5.41) is 1.52. The van der Waals surface area contributed by atoms with Crippen LogP contribution >= 0.6 is 0 Å². The number of hydrogen-bond donors (Lipinski definition) is 1. The zero-order chi connectivity index (χ0) is 21.2. The summed E-state index contributed by atoms with van der Waals surface area (Å²) < 4.78 is 12.2. The van der Waals surface area contributed by atoms with Crippen LogP contribution in [0.3, 0.4) is 0 Å². The molecule has 2 heterocycles. The van der Waals surface area contributed by atoms with E-state index in [0.717, 1.165) is 16.5 Å². The molecule has 3 rings (SSSR count). The van der Waals surface area contributed by atoms with Crippen molar-refractivity contribution in [3.8, 4) is 0 Å². The molecule has 8 heteroatoms. The van der Waals surface area contributed by atoms with Crippen molar-refractivity contribution in [3.05, 3.63) is 30.1 Å². The summed E-state index contributed by atoms with van der Waals surface area (Å²) in [6, 6.07) is 5.79. The minimum absolute atomic E-state index is 0.00982. The van der Waals surface area contributed by atoms with Gasteiger partial charge in [0.1, 0.15) is 29.9 Å². The summed E-state index contributed by atoms with van der Waals surface area (Å²) in [5.41, 5.74) is 7.88. The average Bonchev–Trinajstić information content (AvgIpc) is 2.93. The maximum atomic E-state index is 12.4. The molecule has 154 valence electrons. The number of nitrogens with two attached hydrogens (primary N) is 1. The van der Waals surface area contributed by atoms with Crippen LogP contribution in [0.1, 0.15) is 39.7 Å². The lowest BCUT2D eigenvalue weighted by Gasteiger charge is -2.20. The van der Waals surface area contributed by atoms with Gasteiger partial charge in [0, 0.05) is 11.8 Å². The number of carbonyl (C=O) groups excluding carboxylic acids is 2. The van der Waals surface area contributed by atoms with Crippen LogP contribution in [-0.4, -0.2) is 38.7 Å². The molecule has 3 aromatic rings. The van der Waals surface area contributed by atoms with Crippen molar-refractivity contribution in [2.24, 2.45) is 0 Å². The normalized spacial score (nSPS) is 11.7. The fourth-order valence-electron chi connectivity index (χ4n) is 3.28. The van der Waals surface area contributed by atoms with Gasteiger partial charge >= 0.3 is 11.9 Å². The van der Waals surface area contributed by atoms with Gasteiger partial charge in [-0.1, -0.05) is 6.07 Å². The number of nitrogens with zero attached hydrogens (tertiary/aromatic N) is 3. The molecule has 0 fully saturated rings. The van der Waals surface area contributed by atoms with Gasteiger partial charge < -0.3 is 19.8 Å². The van der Waals surface area contributed by atoms with Crippen LogP contribution < -0.4 is 5.73 Å². The van der Waals surface area contributed by atoms with E-state index in [-0.39, 0.29) is 18.5 Å². The van der Waals surface area contributed by atoms with Crippen molar-refractivity contribution >= 4 is 39.7 Å². The maximum Gasteiger partial charge on any atom is 0.326 e. The van der Waals surface area contributed by atoms with Crippen molar-refractivity contribution in [1.29, 1.82) is 0 Å². The molecular formula is C21H26N4O4. The van der Waals surface area contributed by atoms with Crippen LogP contribution in [-0.2, 0) is 32.0 Å². The molecule has 0 aliphatic rings. The first kappa shape index (κ1) is 20.6. The van der Waals surface area contributed by atoms with E-state index in [1.165, 1.54) is 6.33 Å². The number of esters is 2. The molecule has 1 aromatic carbocycles. The monoisotopic (exact) mass is 398 g/mol. The first-order chi connectivity index (χ1) is 13.7. The summed E-state index contributed by atoms with van der Waals surface area (Å²) >= 11 is 0. The Balaban J connectivity index is 2.01. The van der Waals surface area contributed by atoms with E-state index < -0.39 is 5.60 Å². The number of nitrogen functional groups attached to an aromatic ring is 1. The van der Waals surface area contributed by atoms with Crippen LogP contribution in [0.15, 0.2) is 24.5 Å². The number of anilines is 1. The first-order valence-electron chi connectivity index (χ1n) is 9.58. The molecule has 0 saturated carbocycles. The Morgan fingerprint density at radius 2 is 1.93 bits per heavy atom. The summed E-state index contributed by atoms with van der Waals surface area (Å²) in [5.74, 6) is -0.256. The molecule has 2 aromatic heterocycles. The summed E-state index contributed by atoms with van der Waals surface area (Å²) in [4.78, 5) is 32.6. The molecule has 0 spiro atoms. The van der Waals surface area contributed by atoms with Crippen LogP contribution in [0.5, 0.6) is 0 Å². The molecule has 0 aliphatic heterocycles. The molecule has 0 aliphatic carbocycles. The second kappa shape index (κ2) is 8.06. The second-order valence-electron chi connectivity index (χ2n) is 7.79. The molecule has 0 amide bonds. The molecule has 0 radical (unpaired) electrons. The first-order valence-corrected chi connectivity index (χ1v) is 9.58. The van der Waals surface area contributed by atoms with Crippen LogP contribution in [0.25, 0.3) is 21.9 Å². The van der Waals surface area contributed by atoms with Gasteiger partial charge in [0.05, 0.1) is 17.5 Å². The van der Waals surface area contributed by atoms with E-state index in [9.17, 15) is 9.59 Å². The largest absolute Gasteiger partial charge is 0.466 e. The highest BCUT2D eigenvalue weighted by molar-refractivity contribution is 6.11. The smallest absolute Gasteiger partial charge is 0.326 e.